The number of hydrogen-bond acceptors (Lipinski definition) is 7. The van der Waals surface area contributed by atoms with E-state index in [1.54, 1.807) is 0 Å². The predicted octanol–water partition coefficient (Wildman–Crippen LogP) is 9.20. The van der Waals surface area contributed by atoms with Crippen LogP contribution in [0.3, 0.4) is 0 Å². The van der Waals surface area contributed by atoms with Crippen molar-refractivity contribution in [1.82, 2.24) is 0 Å². The minimum absolute atomic E-state index is 0. The first-order chi connectivity index (χ1) is 24.3. The number of benzene rings is 1. The molecule has 0 saturated carbocycles. The molecule has 0 aliphatic heterocycles. The molecule has 0 fully saturated rings. The zero-order valence-corrected chi connectivity index (χ0v) is 35.4. The second-order valence-corrected chi connectivity index (χ2v) is 15.0. The van der Waals surface area contributed by atoms with Crippen LogP contribution >= 0.6 is 0 Å². The molecule has 286 valence electrons. The molecule has 0 aromatic heterocycles. The van der Waals surface area contributed by atoms with Crippen LogP contribution < -0.4 is 29.6 Å². The summed E-state index contributed by atoms with van der Waals surface area (Å²) in [5, 5.41) is 0. The quantitative estimate of drug-likeness (QED) is 0.0232. The average molecular weight is 741 g/mol. The molecular formula is C42H69NaO7S. The van der Waals surface area contributed by atoms with Crippen molar-refractivity contribution >= 4 is 22.1 Å². The van der Waals surface area contributed by atoms with Gasteiger partial charge in [-0.3, -0.25) is 0 Å². The minimum atomic E-state index is -4.81. The van der Waals surface area contributed by atoms with Gasteiger partial charge in [-0.25, -0.2) is 18.0 Å². The van der Waals surface area contributed by atoms with E-state index in [4.69, 9.17) is 9.47 Å². The zero-order valence-electron chi connectivity index (χ0n) is 32.6. The summed E-state index contributed by atoms with van der Waals surface area (Å²) in [5.74, 6) is -1.56. The molecule has 0 N–H and O–H groups in total. The largest absolute Gasteiger partial charge is 1.00 e. The summed E-state index contributed by atoms with van der Waals surface area (Å²) in [6.45, 7) is 4.83. The van der Waals surface area contributed by atoms with Crippen molar-refractivity contribution in [3.63, 3.8) is 0 Å². The molecule has 0 aliphatic carbocycles. The number of carbonyl (C=O) groups is 2. The van der Waals surface area contributed by atoms with Crippen LogP contribution in [-0.4, -0.2) is 38.1 Å². The van der Waals surface area contributed by atoms with E-state index in [-0.39, 0.29) is 53.9 Å². The maximum Gasteiger partial charge on any atom is 1.00 e. The molecule has 0 atom stereocenters. The summed E-state index contributed by atoms with van der Waals surface area (Å²) in [7, 11) is -4.81. The van der Waals surface area contributed by atoms with Crippen LogP contribution in [0.15, 0.2) is 47.4 Å². The van der Waals surface area contributed by atoms with E-state index in [0.29, 0.717) is 12.8 Å². The molecule has 51 heavy (non-hydrogen) atoms. The summed E-state index contributed by atoms with van der Waals surface area (Å²) in [5.41, 5.74) is -0.350. The fourth-order valence-electron chi connectivity index (χ4n) is 5.86. The number of allylic oxidation sites excluding steroid dienone is 4. The topological polar surface area (TPSA) is 110 Å². The summed E-state index contributed by atoms with van der Waals surface area (Å²) in [6, 6.07) is 3.12. The van der Waals surface area contributed by atoms with Crippen molar-refractivity contribution in [1.29, 1.82) is 0 Å². The van der Waals surface area contributed by atoms with Gasteiger partial charge in [0.1, 0.15) is 10.1 Å². The van der Waals surface area contributed by atoms with Crippen LogP contribution in [0.2, 0.25) is 0 Å². The van der Waals surface area contributed by atoms with Gasteiger partial charge >= 0.3 is 41.5 Å². The molecule has 9 heteroatoms. The monoisotopic (exact) mass is 740 g/mol. The van der Waals surface area contributed by atoms with Crippen molar-refractivity contribution in [3.05, 3.63) is 53.6 Å². The zero-order chi connectivity index (χ0) is 36.5. The summed E-state index contributed by atoms with van der Waals surface area (Å²) in [6.07, 6.45) is 39.3. The molecule has 0 spiro atoms. The Balaban J connectivity index is 0.0000250. The van der Waals surface area contributed by atoms with E-state index in [9.17, 15) is 22.6 Å². The van der Waals surface area contributed by atoms with Crippen LogP contribution in [0.4, 0.5) is 0 Å². The molecule has 0 unspecified atom stereocenters. The van der Waals surface area contributed by atoms with E-state index < -0.39 is 27.0 Å². The number of unbranched alkanes of at least 4 members (excludes halogenated alkanes) is 22. The maximum absolute atomic E-state index is 12.9. The normalized spacial score (nSPS) is 11.7. The Hall–Kier alpha value is -1.45. The summed E-state index contributed by atoms with van der Waals surface area (Å²) >= 11 is 0. The maximum atomic E-state index is 12.9. The number of carbonyl (C=O) groups excluding carboxylic acids is 2. The Bertz CT molecular complexity index is 1180. The Labute approximate surface area is 334 Å². The second kappa shape index (κ2) is 34.3. The van der Waals surface area contributed by atoms with E-state index in [2.05, 4.69) is 38.2 Å². The van der Waals surface area contributed by atoms with Gasteiger partial charge < -0.3 is 14.0 Å². The van der Waals surface area contributed by atoms with Crippen molar-refractivity contribution in [2.75, 3.05) is 13.2 Å². The molecule has 0 radical (unpaired) electrons. The van der Waals surface area contributed by atoms with Gasteiger partial charge in [-0.1, -0.05) is 141 Å². The number of rotatable bonds is 33. The van der Waals surface area contributed by atoms with Crippen LogP contribution in [0.25, 0.3) is 0 Å². The third-order valence-corrected chi connectivity index (χ3v) is 9.83. The second-order valence-electron chi connectivity index (χ2n) is 13.6. The first kappa shape index (κ1) is 49.6. The fraction of sp³-hybridized carbons (Fsp3) is 0.714. The molecular weight excluding hydrogens is 672 g/mol. The van der Waals surface area contributed by atoms with Crippen molar-refractivity contribution in [3.8, 4) is 0 Å². The first-order valence-corrected chi connectivity index (χ1v) is 21.5. The van der Waals surface area contributed by atoms with Gasteiger partial charge in [-0.2, -0.15) is 0 Å². The van der Waals surface area contributed by atoms with Crippen LogP contribution in [0.5, 0.6) is 0 Å². The van der Waals surface area contributed by atoms with Crippen LogP contribution in [0, 0.1) is 0 Å². The van der Waals surface area contributed by atoms with E-state index in [0.717, 1.165) is 69.6 Å². The molecule has 0 amide bonds. The molecule has 0 aliphatic rings. The van der Waals surface area contributed by atoms with Crippen LogP contribution in [-0.2, 0) is 19.6 Å². The molecule has 0 saturated heterocycles. The van der Waals surface area contributed by atoms with Gasteiger partial charge in [0, 0.05) is 0 Å². The first-order valence-electron chi connectivity index (χ1n) is 20.0. The van der Waals surface area contributed by atoms with Gasteiger partial charge in [-0.15, -0.1) is 0 Å². The average Bonchev–Trinajstić information content (AvgIpc) is 3.10. The van der Waals surface area contributed by atoms with Crippen molar-refractivity contribution in [2.45, 2.75) is 186 Å². The third kappa shape index (κ3) is 27.8. The third-order valence-electron chi connectivity index (χ3n) is 9.00. The Kier molecular flexibility index (Phi) is 33.4. The Morgan fingerprint density at radius 1 is 0.529 bits per heavy atom. The van der Waals surface area contributed by atoms with Gasteiger partial charge in [0.25, 0.3) is 0 Å². The van der Waals surface area contributed by atoms with Crippen LogP contribution in [0.1, 0.15) is 202 Å². The summed E-state index contributed by atoms with van der Waals surface area (Å²) in [4.78, 5) is 25.1. The SMILES string of the molecule is CCCCCC/C=C/CCCCCCCCCOC(=O)c1ccc(S(=O)(=O)[O-])cc1C(=O)OCCCCCCCCC/C=C/CCCCCC.[Na+]. The van der Waals surface area contributed by atoms with Gasteiger partial charge in [0.2, 0.25) is 0 Å². The number of ether oxygens (including phenoxy) is 2. The number of esters is 2. The van der Waals surface area contributed by atoms with Crippen molar-refractivity contribution in [2.24, 2.45) is 0 Å². The molecule has 0 heterocycles. The Morgan fingerprint density at radius 3 is 1.24 bits per heavy atom. The Morgan fingerprint density at radius 2 is 0.863 bits per heavy atom. The van der Waals surface area contributed by atoms with Crippen molar-refractivity contribution < 1.29 is 61.6 Å². The molecule has 1 rings (SSSR count). The predicted molar refractivity (Wildman–Crippen MR) is 205 cm³/mol. The standard InChI is InChI=1S/C42H70O7S.Na/c1-3-5-7-9-11-13-15-17-19-21-23-25-27-29-31-35-48-41(43)39-34-33-38(50(45,46)47)37-40(39)42(44)49-36-32-30-28-26-24-22-20-18-16-14-12-10-8-6-4-2;/h13-16,33-34,37H,3-12,17-32,35-36H2,1-2H3,(H,45,46,47);/q;+1/p-1/b15-13+,16-14+;. The van der Waals surface area contributed by atoms with Gasteiger partial charge in [-0.05, 0) is 82.4 Å². The molecule has 1 aromatic carbocycles. The van der Waals surface area contributed by atoms with E-state index >= 15 is 0 Å². The molecule has 0 bridgehead atoms. The van der Waals surface area contributed by atoms with E-state index in [1.165, 1.54) is 103 Å². The molecule has 1 aromatic rings. The fourth-order valence-corrected chi connectivity index (χ4v) is 6.35. The summed E-state index contributed by atoms with van der Waals surface area (Å²) < 4.78 is 45.6. The molecule has 7 nitrogen and oxygen atoms in total. The smallest absolute Gasteiger partial charge is 0.744 e. The van der Waals surface area contributed by atoms with Gasteiger partial charge in [0.05, 0.1) is 29.2 Å². The van der Waals surface area contributed by atoms with E-state index in [1.807, 2.05) is 0 Å². The van der Waals surface area contributed by atoms with Gasteiger partial charge in [0.15, 0.2) is 0 Å². The number of hydrogen-bond donors (Lipinski definition) is 0. The minimum Gasteiger partial charge on any atom is -0.744 e.